The van der Waals surface area contributed by atoms with Crippen molar-refractivity contribution in [3.05, 3.63) is 83.2 Å². The van der Waals surface area contributed by atoms with Gasteiger partial charge >= 0.3 is 0 Å². The van der Waals surface area contributed by atoms with Gasteiger partial charge in [0.15, 0.2) is 0 Å². The summed E-state index contributed by atoms with van der Waals surface area (Å²) in [6.07, 6.45) is 4.06. The van der Waals surface area contributed by atoms with Gasteiger partial charge in [-0.3, -0.25) is 10.2 Å². The molecule has 0 unspecified atom stereocenters. The van der Waals surface area contributed by atoms with E-state index in [0.717, 1.165) is 19.4 Å². The summed E-state index contributed by atoms with van der Waals surface area (Å²) < 4.78 is 12.9. The normalized spacial score (nSPS) is 15.1. The van der Waals surface area contributed by atoms with E-state index in [-0.39, 0.29) is 11.7 Å². The Bertz CT molecular complexity index is 695. The highest BCUT2D eigenvalue weighted by atomic mass is 19.1. The number of amides is 1. The van der Waals surface area contributed by atoms with E-state index in [4.69, 9.17) is 0 Å². The molecule has 2 aromatic carbocycles. The van der Waals surface area contributed by atoms with Crippen LogP contribution in [0.3, 0.4) is 0 Å². The average molecular weight is 310 g/mol. The van der Waals surface area contributed by atoms with E-state index in [9.17, 15) is 9.18 Å². The van der Waals surface area contributed by atoms with E-state index < -0.39 is 0 Å². The number of nitrogens with one attached hydrogen (secondary N) is 1. The highest BCUT2D eigenvalue weighted by Gasteiger charge is 2.15. The number of carbonyl (C=O) groups is 1. The molecule has 0 fully saturated rings. The average Bonchev–Trinajstić information content (AvgIpc) is 2.58. The van der Waals surface area contributed by atoms with E-state index in [0.29, 0.717) is 12.1 Å². The van der Waals surface area contributed by atoms with Crippen LogP contribution in [0.25, 0.3) is 0 Å². The largest absolute Gasteiger partial charge is 0.284 e. The molecular formula is C19H19FN2O. The maximum Gasteiger partial charge on any atom is 0.265 e. The van der Waals surface area contributed by atoms with E-state index >= 15 is 0 Å². The highest BCUT2D eigenvalue weighted by Crippen LogP contribution is 2.15. The molecule has 2 aromatic rings. The van der Waals surface area contributed by atoms with Crippen molar-refractivity contribution in [2.75, 3.05) is 13.1 Å². The van der Waals surface area contributed by atoms with Crippen molar-refractivity contribution in [3.63, 3.8) is 0 Å². The first-order chi connectivity index (χ1) is 11.2. The smallest absolute Gasteiger partial charge is 0.265 e. The van der Waals surface area contributed by atoms with Gasteiger partial charge in [-0.2, -0.15) is 0 Å². The zero-order chi connectivity index (χ0) is 16.1. The van der Waals surface area contributed by atoms with E-state index in [1.54, 1.807) is 0 Å². The van der Waals surface area contributed by atoms with Crippen molar-refractivity contribution < 1.29 is 9.18 Å². The number of carbonyl (C=O) groups excluding carboxylic acids is 1. The minimum Gasteiger partial charge on any atom is -0.284 e. The summed E-state index contributed by atoms with van der Waals surface area (Å²) in [7, 11) is 0. The summed E-state index contributed by atoms with van der Waals surface area (Å²) in [4.78, 5) is 12.1. The number of hydrogen-bond acceptors (Lipinski definition) is 2. The predicted octanol–water partition coefficient (Wildman–Crippen LogP) is 3.35. The van der Waals surface area contributed by atoms with E-state index in [1.165, 1.54) is 35.4 Å². The molecule has 1 N–H and O–H groups in total. The number of rotatable bonds is 4. The first-order valence-corrected chi connectivity index (χ1v) is 7.74. The fourth-order valence-corrected chi connectivity index (χ4v) is 2.64. The van der Waals surface area contributed by atoms with Gasteiger partial charge in [0.05, 0.1) is 0 Å². The lowest BCUT2D eigenvalue weighted by molar-refractivity contribution is 0.0801. The van der Waals surface area contributed by atoms with Crippen LogP contribution < -0.4 is 5.43 Å². The molecule has 3 nitrogen and oxygen atoms in total. The van der Waals surface area contributed by atoms with Crippen molar-refractivity contribution in [1.82, 2.24) is 10.4 Å². The van der Waals surface area contributed by atoms with E-state index in [2.05, 4.69) is 23.6 Å². The van der Waals surface area contributed by atoms with E-state index in [1.807, 2.05) is 23.2 Å². The number of hydrogen-bond donors (Lipinski definition) is 1. The molecule has 0 aliphatic carbocycles. The van der Waals surface area contributed by atoms with Crippen molar-refractivity contribution in [1.29, 1.82) is 0 Å². The molecule has 0 bridgehead atoms. The lowest BCUT2D eigenvalue weighted by Crippen LogP contribution is -2.44. The zero-order valence-electron chi connectivity index (χ0n) is 12.8. The van der Waals surface area contributed by atoms with Gasteiger partial charge in [0.1, 0.15) is 5.82 Å². The van der Waals surface area contributed by atoms with Crippen molar-refractivity contribution in [2.24, 2.45) is 0 Å². The molecule has 0 saturated heterocycles. The maximum absolute atomic E-state index is 12.9. The Balaban J connectivity index is 1.54. The molecule has 0 atom stereocenters. The predicted molar refractivity (Wildman–Crippen MR) is 88.3 cm³/mol. The van der Waals surface area contributed by atoms with Crippen LogP contribution in [0.2, 0.25) is 0 Å². The molecule has 4 heteroatoms. The fourth-order valence-electron chi connectivity index (χ4n) is 2.64. The van der Waals surface area contributed by atoms with Crippen LogP contribution in [0.15, 0.2) is 66.2 Å². The molecule has 118 valence electrons. The quantitative estimate of drug-likeness (QED) is 0.878. The molecule has 0 aromatic heterocycles. The molecule has 1 aliphatic heterocycles. The Hall–Kier alpha value is -2.46. The molecule has 1 aliphatic rings. The number of hydrazine groups is 1. The van der Waals surface area contributed by atoms with Gasteiger partial charge in [0.2, 0.25) is 0 Å². The molecular weight excluding hydrogens is 291 g/mol. The molecule has 3 rings (SSSR count). The summed E-state index contributed by atoms with van der Waals surface area (Å²) >= 11 is 0. The third kappa shape index (κ3) is 4.27. The van der Waals surface area contributed by atoms with Crippen LogP contribution in [-0.4, -0.2) is 24.0 Å². The number of halogens is 1. The minimum atomic E-state index is -0.340. The van der Waals surface area contributed by atoms with Crippen LogP contribution in [0.1, 0.15) is 22.3 Å². The fraction of sp³-hybridized carbons (Fsp3) is 0.211. The van der Waals surface area contributed by atoms with Gasteiger partial charge in [-0.25, -0.2) is 9.40 Å². The molecule has 1 heterocycles. The van der Waals surface area contributed by atoms with Crippen molar-refractivity contribution in [2.45, 2.75) is 12.8 Å². The molecule has 0 radical (unpaired) electrons. The second kappa shape index (κ2) is 7.20. The summed E-state index contributed by atoms with van der Waals surface area (Å²) in [6.45, 7) is 1.47. The van der Waals surface area contributed by atoms with Gasteiger partial charge in [0.25, 0.3) is 5.91 Å². The minimum absolute atomic E-state index is 0.204. The highest BCUT2D eigenvalue weighted by molar-refractivity contribution is 5.93. The second-order valence-corrected chi connectivity index (χ2v) is 5.67. The number of benzene rings is 2. The van der Waals surface area contributed by atoms with Crippen LogP contribution in [0, 0.1) is 5.82 Å². The zero-order valence-corrected chi connectivity index (χ0v) is 12.8. The van der Waals surface area contributed by atoms with Gasteiger partial charge in [-0.1, -0.05) is 42.0 Å². The Morgan fingerprint density at radius 2 is 1.83 bits per heavy atom. The van der Waals surface area contributed by atoms with Crippen LogP contribution in [0.5, 0.6) is 0 Å². The molecule has 1 amide bonds. The van der Waals surface area contributed by atoms with Gasteiger partial charge in [-0.15, -0.1) is 0 Å². The first-order valence-electron chi connectivity index (χ1n) is 7.74. The topological polar surface area (TPSA) is 32.3 Å². The summed E-state index contributed by atoms with van der Waals surface area (Å²) in [6, 6.07) is 15.9. The van der Waals surface area contributed by atoms with Crippen molar-refractivity contribution >= 4 is 5.91 Å². The lowest BCUT2D eigenvalue weighted by atomic mass is 10.0. The maximum atomic E-state index is 12.9. The Labute approximate surface area is 135 Å². The lowest BCUT2D eigenvalue weighted by Gasteiger charge is -2.26. The van der Waals surface area contributed by atoms with Crippen LogP contribution >= 0.6 is 0 Å². The standard InChI is InChI=1S/C19H19FN2O/c20-18-8-6-17(7-9-18)19(23)21-22-12-10-16(11-13-22)14-15-4-2-1-3-5-15/h1-10H,11-14H2,(H,21,23). The Morgan fingerprint density at radius 1 is 1.09 bits per heavy atom. The summed E-state index contributed by atoms with van der Waals surface area (Å²) in [5.41, 5.74) is 6.03. The monoisotopic (exact) mass is 310 g/mol. The summed E-state index contributed by atoms with van der Waals surface area (Å²) in [5, 5.41) is 1.89. The van der Waals surface area contributed by atoms with Crippen LogP contribution in [-0.2, 0) is 6.42 Å². The Morgan fingerprint density at radius 3 is 2.48 bits per heavy atom. The second-order valence-electron chi connectivity index (χ2n) is 5.67. The summed E-state index contributed by atoms with van der Waals surface area (Å²) in [5.74, 6) is -0.544. The third-order valence-electron chi connectivity index (χ3n) is 3.94. The van der Waals surface area contributed by atoms with Crippen LogP contribution in [0.4, 0.5) is 4.39 Å². The van der Waals surface area contributed by atoms with Crippen molar-refractivity contribution in [3.8, 4) is 0 Å². The Kier molecular flexibility index (Phi) is 4.83. The third-order valence-corrected chi connectivity index (χ3v) is 3.94. The van der Waals surface area contributed by atoms with Gasteiger partial charge < -0.3 is 0 Å². The molecule has 0 saturated carbocycles. The molecule has 23 heavy (non-hydrogen) atoms. The van der Waals surface area contributed by atoms with Gasteiger partial charge in [-0.05, 0) is 42.7 Å². The SMILES string of the molecule is O=C(NN1CC=C(Cc2ccccc2)CC1)c1ccc(F)cc1. The molecule has 0 spiro atoms. The number of nitrogens with zero attached hydrogens (tertiary/aromatic N) is 1. The van der Waals surface area contributed by atoms with Gasteiger partial charge in [0, 0.05) is 18.7 Å². The first kappa shape index (κ1) is 15.4.